The molecule has 1 aromatic heterocycles. The molecule has 25 heavy (non-hydrogen) atoms. The first-order valence-electron chi connectivity index (χ1n) is 7.56. The minimum absolute atomic E-state index is 0.0852. The van der Waals surface area contributed by atoms with E-state index >= 15 is 0 Å². The van der Waals surface area contributed by atoms with Gasteiger partial charge in [-0.05, 0) is 49.4 Å². The normalized spacial score (nSPS) is 10.5. The third kappa shape index (κ3) is 4.48. The number of ether oxygens (including phenoxy) is 1. The summed E-state index contributed by atoms with van der Waals surface area (Å²) >= 11 is 3.17. The maximum Gasteiger partial charge on any atom is 0.291 e. The predicted octanol–water partition coefficient (Wildman–Crippen LogP) is 5.32. The Bertz CT molecular complexity index is 890. The lowest BCUT2D eigenvalue weighted by Gasteiger charge is -2.05. The summed E-state index contributed by atoms with van der Waals surface area (Å²) < 4.78 is 25.4. The molecule has 0 spiro atoms. The van der Waals surface area contributed by atoms with Crippen LogP contribution < -0.4 is 10.1 Å². The van der Waals surface area contributed by atoms with Crippen molar-refractivity contribution in [2.24, 2.45) is 0 Å². The van der Waals surface area contributed by atoms with Crippen molar-refractivity contribution >= 4 is 27.5 Å². The number of aryl methyl sites for hydroxylation is 1. The van der Waals surface area contributed by atoms with Gasteiger partial charge in [-0.25, -0.2) is 4.39 Å². The van der Waals surface area contributed by atoms with Crippen molar-refractivity contribution < 1.29 is 18.3 Å². The van der Waals surface area contributed by atoms with Crippen molar-refractivity contribution in [3.63, 3.8) is 0 Å². The Labute approximate surface area is 152 Å². The fraction of sp³-hybridized carbons (Fsp3) is 0.105. The van der Waals surface area contributed by atoms with Crippen molar-refractivity contribution in [1.82, 2.24) is 0 Å². The zero-order chi connectivity index (χ0) is 17.8. The van der Waals surface area contributed by atoms with Gasteiger partial charge in [-0.15, -0.1) is 0 Å². The Morgan fingerprint density at radius 2 is 1.92 bits per heavy atom. The van der Waals surface area contributed by atoms with Crippen LogP contribution in [0.4, 0.5) is 10.1 Å². The number of halogens is 2. The standard InChI is InChI=1S/C19H15BrFNO3/c1-12-2-5-14(6-3-12)24-11-15-7-9-18(25-15)19(23)22-17-8-4-13(20)10-16(17)21/h2-10H,11H2,1H3,(H,22,23). The molecule has 2 aromatic carbocycles. The van der Waals surface area contributed by atoms with Gasteiger partial charge in [0.05, 0.1) is 5.69 Å². The molecule has 0 aliphatic rings. The molecule has 0 saturated heterocycles. The largest absolute Gasteiger partial charge is 0.486 e. The summed E-state index contributed by atoms with van der Waals surface area (Å²) in [6.07, 6.45) is 0. The molecule has 3 aromatic rings. The van der Waals surface area contributed by atoms with Gasteiger partial charge < -0.3 is 14.5 Å². The van der Waals surface area contributed by atoms with E-state index in [-0.39, 0.29) is 18.1 Å². The number of rotatable bonds is 5. The number of amides is 1. The number of hydrogen-bond acceptors (Lipinski definition) is 3. The number of carbonyl (C=O) groups excluding carboxylic acids is 1. The second-order valence-corrected chi connectivity index (χ2v) is 6.36. The second kappa shape index (κ2) is 7.53. The number of furan rings is 1. The first kappa shape index (κ1) is 17.2. The number of carbonyl (C=O) groups is 1. The average molecular weight is 404 g/mol. The molecule has 6 heteroatoms. The Morgan fingerprint density at radius 1 is 1.16 bits per heavy atom. The third-order valence-electron chi connectivity index (χ3n) is 3.47. The molecule has 4 nitrogen and oxygen atoms in total. The summed E-state index contributed by atoms with van der Waals surface area (Å²) in [4.78, 5) is 12.2. The maximum absolute atomic E-state index is 13.8. The van der Waals surface area contributed by atoms with Crippen LogP contribution in [0.3, 0.4) is 0 Å². The first-order chi connectivity index (χ1) is 12.0. The molecule has 3 rings (SSSR count). The van der Waals surface area contributed by atoms with E-state index in [0.717, 1.165) is 5.56 Å². The van der Waals surface area contributed by atoms with Crippen LogP contribution in [0, 0.1) is 12.7 Å². The summed E-state index contributed by atoms with van der Waals surface area (Å²) in [5, 5.41) is 2.48. The minimum atomic E-state index is -0.530. The van der Waals surface area contributed by atoms with Gasteiger partial charge in [-0.3, -0.25) is 4.79 Å². The van der Waals surface area contributed by atoms with Crippen LogP contribution >= 0.6 is 15.9 Å². The Morgan fingerprint density at radius 3 is 2.64 bits per heavy atom. The lowest BCUT2D eigenvalue weighted by Crippen LogP contribution is -2.12. The van der Waals surface area contributed by atoms with Crippen LogP contribution in [0.5, 0.6) is 5.75 Å². The van der Waals surface area contributed by atoms with E-state index in [2.05, 4.69) is 21.2 Å². The molecule has 0 unspecified atom stereocenters. The van der Waals surface area contributed by atoms with Crippen molar-refractivity contribution in [3.8, 4) is 5.75 Å². The fourth-order valence-electron chi connectivity index (χ4n) is 2.14. The van der Waals surface area contributed by atoms with Crippen LogP contribution in [0.2, 0.25) is 0 Å². The highest BCUT2D eigenvalue weighted by molar-refractivity contribution is 9.10. The summed E-state index contributed by atoms with van der Waals surface area (Å²) in [5.74, 6) is 0.247. The van der Waals surface area contributed by atoms with Gasteiger partial charge in [0.1, 0.15) is 23.9 Å². The molecular formula is C19H15BrFNO3. The minimum Gasteiger partial charge on any atom is -0.486 e. The number of anilines is 1. The van der Waals surface area contributed by atoms with Crippen molar-refractivity contribution in [3.05, 3.63) is 82.0 Å². The number of hydrogen-bond donors (Lipinski definition) is 1. The van der Waals surface area contributed by atoms with Gasteiger partial charge >= 0.3 is 0 Å². The topological polar surface area (TPSA) is 51.5 Å². The van der Waals surface area contributed by atoms with Crippen molar-refractivity contribution in [2.75, 3.05) is 5.32 Å². The van der Waals surface area contributed by atoms with Gasteiger partial charge in [0, 0.05) is 4.47 Å². The van der Waals surface area contributed by atoms with Gasteiger partial charge in [0.25, 0.3) is 5.91 Å². The van der Waals surface area contributed by atoms with Crippen LogP contribution in [0.25, 0.3) is 0 Å². The van der Waals surface area contributed by atoms with Gasteiger partial charge in [-0.1, -0.05) is 33.6 Å². The molecule has 1 amide bonds. The summed E-state index contributed by atoms with van der Waals surface area (Å²) in [6, 6.07) is 15.2. The molecule has 0 fully saturated rings. The van der Waals surface area contributed by atoms with Crippen LogP contribution in [-0.4, -0.2) is 5.91 Å². The maximum atomic E-state index is 13.8. The molecule has 0 aliphatic carbocycles. The molecule has 0 saturated carbocycles. The van der Waals surface area contributed by atoms with Crippen LogP contribution in [0.1, 0.15) is 21.9 Å². The first-order valence-corrected chi connectivity index (χ1v) is 8.35. The summed E-state index contributed by atoms with van der Waals surface area (Å²) in [5.41, 5.74) is 1.23. The van der Waals surface area contributed by atoms with Gasteiger partial charge in [0.15, 0.2) is 5.76 Å². The predicted molar refractivity (Wildman–Crippen MR) is 96.3 cm³/mol. The van der Waals surface area contributed by atoms with Crippen LogP contribution in [0.15, 0.2) is 63.5 Å². The molecule has 1 N–H and O–H groups in total. The Hall–Kier alpha value is -2.60. The highest BCUT2D eigenvalue weighted by Gasteiger charge is 2.14. The number of benzene rings is 2. The molecule has 128 valence electrons. The fourth-order valence-corrected chi connectivity index (χ4v) is 2.47. The lowest BCUT2D eigenvalue weighted by atomic mass is 10.2. The molecule has 0 aliphatic heterocycles. The van der Waals surface area contributed by atoms with E-state index in [9.17, 15) is 9.18 Å². The quantitative estimate of drug-likeness (QED) is 0.626. The van der Waals surface area contributed by atoms with Gasteiger partial charge in [0.2, 0.25) is 0 Å². The number of nitrogens with one attached hydrogen (secondary N) is 1. The highest BCUT2D eigenvalue weighted by atomic mass is 79.9. The molecule has 0 radical (unpaired) electrons. The van der Waals surface area contributed by atoms with Crippen LogP contribution in [-0.2, 0) is 6.61 Å². The average Bonchev–Trinajstić information content (AvgIpc) is 3.06. The van der Waals surface area contributed by atoms with Crippen molar-refractivity contribution in [1.29, 1.82) is 0 Å². The Balaban J connectivity index is 1.62. The Kier molecular flexibility index (Phi) is 5.19. The monoisotopic (exact) mass is 403 g/mol. The molecule has 0 atom stereocenters. The lowest BCUT2D eigenvalue weighted by molar-refractivity contribution is 0.0992. The van der Waals surface area contributed by atoms with E-state index < -0.39 is 11.7 Å². The van der Waals surface area contributed by atoms with Crippen molar-refractivity contribution in [2.45, 2.75) is 13.5 Å². The van der Waals surface area contributed by atoms with E-state index in [4.69, 9.17) is 9.15 Å². The molecule has 1 heterocycles. The summed E-state index contributed by atoms with van der Waals surface area (Å²) in [7, 11) is 0. The van der Waals surface area contributed by atoms with E-state index in [1.165, 1.54) is 18.2 Å². The molecular weight excluding hydrogens is 389 g/mol. The zero-order valence-corrected chi connectivity index (χ0v) is 15.0. The zero-order valence-electron chi connectivity index (χ0n) is 13.4. The van der Waals surface area contributed by atoms with E-state index in [1.54, 1.807) is 12.1 Å². The highest BCUT2D eigenvalue weighted by Crippen LogP contribution is 2.21. The third-order valence-corrected chi connectivity index (χ3v) is 3.96. The molecule has 0 bridgehead atoms. The SMILES string of the molecule is Cc1ccc(OCc2ccc(C(=O)Nc3ccc(Br)cc3F)o2)cc1. The smallest absolute Gasteiger partial charge is 0.291 e. The van der Waals surface area contributed by atoms with E-state index in [1.807, 2.05) is 31.2 Å². The second-order valence-electron chi connectivity index (χ2n) is 5.45. The van der Waals surface area contributed by atoms with E-state index in [0.29, 0.717) is 16.0 Å². The summed E-state index contributed by atoms with van der Waals surface area (Å²) in [6.45, 7) is 2.19. The van der Waals surface area contributed by atoms with Gasteiger partial charge in [-0.2, -0.15) is 0 Å².